The SMILES string of the molecule is O=C(COc1ccc(F)cc1F)c1ccc(-c2noc(C(F)(F)F)n2)cc1. The highest BCUT2D eigenvalue weighted by atomic mass is 19.4. The van der Waals surface area contributed by atoms with Crippen molar-refractivity contribution in [1.82, 2.24) is 10.1 Å². The molecule has 0 fully saturated rings. The van der Waals surface area contributed by atoms with Crippen LogP contribution in [0.25, 0.3) is 11.4 Å². The summed E-state index contributed by atoms with van der Waals surface area (Å²) in [6.45, 7) is -0.512. The molecule has 0 aliphatic rings. The Hall–Kier alpha value is -3.30. The van der Waals surface area contributed by atoms with Crippen molar-refractivity contribution in [2.75, 3.05) is 6.61 Å². The second-order valence-electron chi connectivity index (χ2n) is 5.28. The number of nitrogens with zero attached hydrogens (tertiary/aromatic N) is 2. The zero-order valence-corrected chi connectivity index (χ0v) is 13.3. The maximum Gasteiger partial charge on any atom is 0.471 e. The van der Waals surface area contributed by atoms with Gasteiger partial charge in [0, 0.05) is 17.2 Å². The molecule has 5 nitrogen and oxygen atoms in total. The van der Waals surface area contributed by atoms with Crippen molar-refractivity contribution in [3.8, 4) is 17.1 Å². The number of aromatic nitrogens is 2. The Labute approximate surface area is 148 Å². The Kier molecular flexibility index (Phi) is 4.89. The summed E-state index contributed by atoms with van der Waals surface area (Å²) in [5, 5.41) is 3.23. The second-order valence-corrected chi connectivity index (χ2v) is 5.28. The van der Waals surface area contributed by atoms with Crippen molar-refractivity contribution >= 4 is 5.78 Å². The zero-order chi connectivity index (χ0) is 19.6. The number of ketones is 1. The third kappa shape index (κ3) is 4.27. The van der Waals surface area contributed by atoms with Crippen molar-refractivity contribution in [1.29, 1.82) is 0 Å². The summed E-state index contributed by atoms with van der Waals surface area (Å²) in [7, 11) is 0. The smallest absolute Gasteiger partial charge is 0.471 e. The molecule has 27 heavy (non-hydrogen) atoms. The average Bonchev–Trinajstić information content (AvgIpc) is 3.11. The molecule has 0 aliphatic carbocycles. The molecule has 0 bridgehead atoms. The molecule has 0 amide bonds. The molecule has 0 aliphatic heterocycles. The predicted octanol–water partition coefficient (Wildman–Crippen LogP) is 4.30. The van der Waals surface area contributed by atoms with Crippen LogP contribution in [0.15, 0.2) is 47.0 Å². The molecule has 2 aromatic carbocycles. The van der Waals surface area contributed by atoms with Gasteiger partial charge in [-0.1, -0.05) is 29.4 Å². The number of ether oxygens (including phenoxy) is 1. The topological polar surface area (TPSA) is 65.2 Å². The normalized spacial score (nSPS) is 11.4. The number of alkyl halides is 3. The highest BCUT2D eigenvalue weighted by molar-refractivity contribution is 5.97. The lowest BCUT2D eigenvalue weighted by Gasteiger charge is -2.07. The predicted molar refractivity (Wildman–Crippen MR) is 80.9 cm³/mol. The van der Waals surface area contributed by atoms with Crippen LogP contribution in [0.2, 0.25) is 0 Å². The number of rotatable bonds is 5. The van der Waals surface area contributed by atoms with Gasteiger partial charge in [0.25, 0.3) is 0 Å². The fourth-order valence-corrected chi connectivity index (χ4v) is 2.08. The molecule has 0 N–H and O–H groups in total. The summed E-state index contributed by atoms with van der Waals surface area (Å²) in [4.78, 5) is 15.3. The van der Waals surface area contributed by atoms with E-state index in [0.717, 1.165) is 12.1 Å². The van der Waals surface area contributed by atoms with Gasteiger partial charge in [0.2, 0.25) is 5.82 Å². The van der Waals surface area contributed by atoms with Gasteiger partial charge in [-0.3, -0.25) is 4.79 Å². The van der Waals surface area contributed by atoms with Gasteiger partial charge in [0.05, 0.1) is 0 Å². The molecule has 3 aromatic rings. The molecule has 1 heterocycles. The third-order valence-corrected chi connectivity index (χ3v) is 3.39. The monoisotopic (exact) mass is 384 g/mol. The van der Waals surface area contributed by atoms with Gasteiger partial charge in [0.1, 0.15) is 5.82 Å². The molecular formula is C17H9F5N2O3. The Bertz CT molecular complexity index is 967. The van der Waals surface area contributed by atoms with Crippen LogP contribution in [0.1, 0.15) is 16.2 Å². The summed E-state index contributed by atoms with van der Waals surface area (Å²) in [5.74, 6) is -4.30. The summed E-state index contributed by atoms with van der Waals surface area (Å²) in [5.41, 5.74) is 0.372. The number of carbonyl (C=O) groups excluding carboxylic acids is 1. The van der Waals surface area contributed by atoms with Crippen molar-refractivity contribution < 1.29 is 36.0 Å². The Balaban J connectivity index is 1.67. The van der Waals surface area contributed by atoms with Gasteiger partial charge >= 0.3 is 12.1 Å². The first-order valence-corrected chi connectivity index (χ1v) is 7.36. The van der Waals surface area contributed by atoms with Gasteiger partial charge in [-0.05, 0) is 12.1 Å². The van der Waals surface area contributed by atoms with Crippen molar-refractivity contribution in [3.63, 3.8) is 0 Å². The molecular weight excluding hydrogens is 375 g/mol. The number of hydrogen-bond donors (Lipinski definition) is 0. The minimum atomic E-state index is -4.76. The minimum absolute atomic E-state index is 0.167. The summed E-state index contributed by atoms with van der Waals surface area (Å²) < 4.78 is 72.8. The van der Waals surface area contributed by atoms with Crippen LogP contribution in [0.3, 0.4) is 0 Å². The highest BCUT2D eigenvalue weighted by Crippen LogP contribution is 2.29. The van der Waals surface area contributed by atoms with E-state index in [9.17, 15) is 26.7 Å². The molecule has 10 heteroatoms. The highest BCUT2D eigenvalue weighted by Gasteiger charge is 2.38. The van der Waals surface area contributed by atoms with Crippen molar-refractivity contribution in [2.45, 2.75) is 6.18 Å². The number of carbonyl (C=O) groups is 1. The summed E-state index contributed by atoms with van der Waals surface area (Å²) in [6, 6.07) is 7.97. The lowest BCUT2D eigenvalue weighted by Crippen LogP contribution is -2.12. The fraction of sp³-hybridized carbons (Fsp3) is 0.118. The lowest BCUT2D eigenvalue weighted by molar-refractivity contribution is -0.159. The van der Waals surface area contributed by atoms with Crippen molar-refractivity contribution in [3.05, 3.63) is 65.6 Å². The largest absolute Gasteiger partial charge is 0.482 e. The van der Waals surface area contributed by atoms with Gasteiger partial charge < -0.3 is 9.26 Å². The molecule has 1 aromatic heterocycles. The first kappa shape index (κ1) is 18.5. The average molecular weight is 384 g/mol. The van der Waals surface area contributed by atoms with E-state index < -0.39 is 36.1 Å². The molecule has 0 saturated carbocycles. The van der Waals surface area contributed by atoms with Crippen LogP contribution in [0, 0.1) is 11.6 Å². The van der Waals surface area contributed by atoms with E-state index in [2.05, 4.69) is 14.7 Å². The lowest BCUT2D eigenvalue weighted by atomic mass is 10.1. The molecule has 140 valence electrons. The number of halogens is 5. The second kappa shape index (κ2) is 7.14. The maximum absolute atomic E-state index is 13.5. The van der Waals surface area contributed by atoms with E-state index in [1.807, 2.05) is 0 Å². The summed E-state index contributed by atoms with van der Waals surface area (Å²) >= 11 is 0. The van der Waals surface area contributed by atoms with E-state index in [4.69, 9.17) is 4.74 Å². The zero-order valence-electron chi connectivity index (χ0n) is 13.3. The molecule has 3 rings (SSSR count). The van der Waals surface area contributed by atoms with E-state index in [0.29, 0.717) is 6.07 Å². The van der Waals surface area contributed by atoms with Crippen LogP contribution in [0.5, 0.6) is 5.75 Å². The van der Waals surface area contributed by atoms with Gasteiger partial charge in [-0.25, -0.2) is 8.78 Å². The van der Waals surface area contributed by atoms with Crippen molar-refractivity contribution in [2.24, 2.45) is 0 Å². The quantitative estimate of drug-likeness (QED) is 0.485. The van der Waals surface area contributed by atoms with E-state index in [1.165, 1.54) is 24.3 Å². The summed E-state index contributed by atoms with van der Waals surface area (Å²) in [6.07, 6.45) is -4.76. The molecule has 0 spiro atoms. The minimum Gasteiger partial charge on any atom is -0.482 e. The van der Waals surface area contributed by atoms with Gasteiger partial charge in [0.15, 0.2) is 24.0 Å². The van der Waals surface area contributed by atoms with Crippen LogP contribution < -0.4 is 4.74 Å². The first-order valence-electron chi connectivity index (χ1n) is 7.36. The van der Waals surface area contributed by atoms with E-state index >= 15 is 0 Å². The molecule has 0 unspecified atom stereocenters. The maximum atomic E-state index is 13.5. The Morgan fingerprint density at radius 3 is 2.37 bits per heavy atom. The van der Waals surface area contributed by atoms with Gasteiger partial charge in [-0.2, -0.15) is 18.2 Å². The third-order valence-electron chi connectivity index (χ3n) is 3.39. The van der Waals surface area contributed by atoms with Gasteiger partial charge in [-0.15, -0.1) is 0 Å². The molecule has 0 atom stereocenters. The first-order chi connectivity index (χ1) is 12.7. The standard InChI is InChI=1S/C17H9F5N2O3/c18-11-5-6-14(12(19)7-11)26-8-13(25)9-1-3-10(4-2-9)15-23-16(27-24-15)17(20,21)22/h1-7H,8H2. The fourth-order valence-electron chi connectivity index (χ4n) is 2.08. The van der Waals surface area contributed by atoms with Crippen LogP contribution in [-0.2, 0) is 6.18 Å². The molecule has 0 saturated heterocycles. The van der Waals surface area contributed by atoms with E-state index in [-0.39, 0.29) is 22.7 Å². The Morgan fingerprint density at radius 2 is 1.78 bits per heavy atom. The number of Topliss-reactive ketones (excluding diaryl/α,β-unsaturated/α-hetero) is 1. The number of hydrogen-bond acceptors (Lipinski definition) is 5. The van der Waals surface area contributed by atoms with Crippen LogP contribution >= 0.6 is 0 Å². The Morgan fingerprint density at radius 1 is 1.07 bits per heavy atom. The van der Waals surface area contributed by atoms with Crippen LogP contribution in [-0.4, -0.2) is 22.5 Å². The van der Waals surface area contributed by atoms with E-state index in [1.54, 1.807) is 0 Å². The van der Waals surface area contributed by atoms with Crippen LogP contribution in [0.4, 0.5) is 22.0 Å². The molecule has 0 radical (unpaired) electrons. The number of benzene rings is 2.